The van der Waals surface area contributed by atoms with Crippen molar-refractivity contribution in [1.29, 1.82) is 0 Å². The van der Waals surface area contributed by atoms with Crippen LogP contribution in [-0.2, 0) is 11.2 Å². The zero-order chi connectivity index (χ0) is 14.4. The van der Waals surface area contributed by atoms with Crippen LogP contribution in [0.5, 0.6) is 0 Å². The van der Waals surface area contributed by atoms with E-state index in [1.807, 2.05) is 6.07 Å². The van der Waals surface area contributed by atoms with Crippen molar-refractivity contribution in [3.05, 3.63) is 35.6 Å². The van der Waals surface area contributed by atoms with Gasteiger partial charge in [0.05, 0.1) is 5.41 Å². The van der Waals surface area contributed by atoms with E-state index < -0.39 is 0 Å². The number of hydrogen-bond donors (Lipinski definition) is 2. The number of halogens is 1. The molecule has 4 heteroatoms. The summed E-state index contributed by atoms with van der Waals surface area (Å²) in [6.07, 6.45) is 3.34. The van der Waals surface area contributed by atoms with E-state index in [0.29, 0.717) is 18.5 Å². The van der Waals surface area contributed by atoms with Crippen LogP contribution in [-0.4, -0.2) is 25.5 Å². The molecule has 1 aromatic carbocycles. The molecule has 3 nitrogen and oxygen atoms in total. The Labute approximate surface area is 120 Å². The molecule has 1 saturated heterocycles. The van der Waals surface area contributed by atoms with Crippen LogP contribution in [0.2, 0.25) is 0 Å². The van der Waals surface area contributed by atoms with Crippen LogP contribution in [0.1, 0.15) is 31.7 Å². The van der Waals surface area contributed by atoms with Gasteiger partial charge in [0, 0.05) is 13.1 Å². The van der Waals surface area contributed by atoms with Gasteiger partial charge in [0.1, 0.15) is 5.82 Å². The summed E-state index contributed by atoms with van der Waals surface area (Å²) in [6, 6.07) is 6.71. The lowest BCUT2D eigenvalue weighted by Crippen LogP contribution is -2.50. The molecule has 0 spiro atoms. The zero-order valence-electron chi connectivity index (χ0n) is 12.0. The number of nitrogens with one attached hydrogen (secondary N) is 2. The first-order chi connectivity index (χ1) is 9.68. The van der Waals surface area contributed by atoms with Crippen molar-refractivity contribution >= 4 is 5.91 Å². The topological polar surface area (TPSA) is 41.1 Å². The van der Waals surface area contributed by atoms with Crippen molar-refractivity contribution in [1.82, 2.24) is 10.6 Å². The highest BCUT2D eigenvalue weighted by molar-refractivity contribution is 5.83. The largest absolute Gasteiger partial charge is 0.355 e. The minimum absolute atomic E-state index is 0.100. The van der Waals surface area contributed by atoms with Crippen molar-refractivity contribution in [3.63, 3.8) is 0 Å². The highest BCUT2D eigenvalue weighted by Gasteiger charge is 2.37. The predicted octanol–water partition coefficient (Wildman–Crippen LogP) is 2.26. The van der Waals surface area contributed by atoms with Crippen LogP contribution in [0, 0.1) is 11.2 Å². The molecule has 1 fully saturated rings. The third-order valence-electron chi connectivity index (χ3n) is 4.27. The van der Waals surface area contributed by atoms with Gasteiger partial charge < -0.3 is 10.6 Å². The van der Waals surface area contributed by atoms with E-state index in [0.717, 1.165) is 32.4 Å². The van der Waals surface area contributed by atoms with Crippen LogP contribution in [0.3, 0.4) is 0 Å². The van der Waals surface area contributed by atoms with Crippen molar-refractivity contribution < 1.29 is 9.18 Å². The van der Waals surface area contributed by atoms with Crippen molar-refractivity contribution in [3.8, 4) is 0 Å². The predicted molar refractivity (Wildman–Crippen MR) is 77.9 cm³/mol. The Morgan fingerprint density at radius 1 is 1.45 bits per heavy atom. The SMILES string of the molecule is CCC1(C(=O)NCCc2ccccc2F)CCCNC1. The second-order valence-corrected chi connectivity index (χ2v) is 5.51. The quantitative estimate of drug-likeness (QED) is 0.867. The number of piperidine rings is 1. The molecule has 1 aliphatic rings. The number of amides is 1. The van der Waals surface area contributed by atoms with E-state index >= 15 is 0 Å². The lowest BCUT2D eigenvalue weighted by Gasteiger charge is -2.35. The van der Waals surface area contributed by atoms with Crippen LogP contribution in [0.15, 0.2) is 24.3 Å². The maximum absolute atomic E-state index is 13.5. The summed E-state index contributed by atoms with van der Waals surface area (Å²) in [6.45, 7) is 4.28. The molecule has 2 N–H and O–H groups in total. The lowest BCUT2D eigenvalue weighted by molar-refractivity contribution is -0.132. The highest BCUT2D eigenvalue weighted by atomic mass is 19.1. The molecule has 1 unspecified atom stereocenters. The lowest BCUT2D eigenvalue weighted by atomic mass is 9.77. The normalized spacial score (nSPS) is 22.5. The number of rotatable bonds is 5. The Morgan fingerprint density at radius 3 is 2.90 bits per heavy atom. The first-order valence-corrected chi connectivity index (χ1v) is 7.40. The maximum Gasteiger partial charge on any atom is 0.227 e. The van der Waals surface area contributed by atoms with Crippen molar-refractivity contribution in [2.24, 2.45) is 5.41 Å². The van der Waals surface area contributed by atoms with Gasteiger partial charge in [-0.3, -0.25) is 4.79 Å². The summed E-state index contributed by atoms with van der Waals surface area (Å²) >= 11 is 0. The number of carbonyl (C=O) groups is 1. The Balaban J connectivity index is 1.87. The second-order valence-electron chi connectivity index (χ2n) is 5.51. The third-order valence-corrected chi connectivity index (χ3v) is 4.27. The average molecular weight is 278 g/mol. The fourth-order valence-electron chi connectivity index (χ4n) is 2.82. The van der Waals surface area contributed by atoms with Crippen molar-refractivity contribution in [2.75, 3.05) is 19.6 Å². The van der Waals surface area contributed by atoms with Crippen LogP contribution < -0.4 is 10.6 Å². The molecular formula is C16H23FN2O. The molecular weight excluding hydrogens is 255 g/mol. The summed E-state index contributed by atoms with van der Waals surface area (Å²) in [5, 5.41) is 6.28. The van der Waals surface area contributed by atoms with E-state index in [4.69, 9.17) is 0 Å². The Bertz CT molecular complexity index is 456. The zero-order valence-corrected chi connectivity index (χ0v) is 12.0. The van der Waals surface area contributed by atoms with Gasteiger partial charge in [0.25, 0.3) is 0 Å². The average Bonchev–Trinajstić information content (AvgIpc) is 2.49. The molecule has 1 aromatic rings. The van der Waals surface area contributed by atoms with E-state index in [2.05, 4.69) is 17.6 Å². The molecule has 0 radical (unpaired) electrons. The fourth-order valence-corrected chi connectivity index (χ4v) is 2.82. The van der Waals surface area contributed by atoms with Gasteiger partial charge in [-0.15, -0.1) is 0 Å². The molecule has 0 aliphatic carbocycles. The second kappa shape index (κ2) is 6.84. The molecule has 0 saturated carbocycles. The van der Waals surface area contributed by atoms with E-state index in [1.165, 1.54) is 6.07 Å². The van der Waals surface area contributed by atoms with Crippen molar-refractivity contribution in [2.45, 2.75) is 32.6 Å². The summed E-state index contributed by atoms with van der Waals surface area (Å²) in [5.41, 5.74) is 0.369. The smallest absolute Gasteiger partial charge is 0.227 e. The molecule has 1 atom stereocenters. The van der Waals surface area contributed by atoms with Gasteiger partial charge in [-0.05, 0) is 43.9 Å². The molecule has 20 heavy (non-hydrogen) atoms. The summed E-state index contributed by atoms with van der Waals surface area (Å²) < 4.78 is 13.5. The van der Waals surface area contributed by atoms with Gasteiger partial charge in [-0.1, -0.05) is 25.1 Å². The molecule has 110 valence electrons. The Kier molecular flexibility index (Phi) is 5.12. The van der Waals surface area contributed by atoms with E-state index in [-0.39, 0.29) is 17.1 Å². The molecule has 1 aliphatic heterocycles. The Morgan fingerprint density at radius 2 is 2.25 bits per heavy atom. The van der Waals surface area contributed by atoms with Gasteiger partial charge in [-0.25, -0.2) is 4.39 Å². The fraction of sp³-hybridized carbons (Fsp3) is 0.562. The first-order valence-electron chi connectivity index (χ1n) is 7.40. The van der Waals surface area contributed by atoms with Gasteiger partial charge in [0.15, 0.2) is 0 Å². The first kappa shape index (κ1) is 15.0. The maximum atomic E-state index is 13.5. The number of hydrogen-bond acceptors (Lipinski definition) is 2. The van der Waals surface area contributed by atoms with Crippen LogP contribution >= 0.6 is 0 Å². The number of carbonyl (C=O) groups excluding carboxylic acids is 1. The summed E-state index contributed by atoms with van der Waals surface area (Å²) in [4.78, 5) is 12.4. The minimum atomic E-state index is -0.284. The van der Waals surface area contributed by atoms with E-state index in [9.17, 15) is 9.18 Å². The summed E-state index contributed by atoms with van der Waals surface area (Å²) in [5.74, 6) is -0.102. The molecule has 0 aromatic heterocycles. The standard InChI is InChI=1S/C16H23FN2O/c1-2-16(9-5-10-18-12-16)15(20)19-11-8-13-6-3-4-7-14(13)17/h3-4,6-7,18H,2,5,8-12H2,1H3,(H,19,20). The minimum Gasteiger partial charge on any atom is -0.355 e. The molecule has 1 heterocycles. The van der Waals surface area contributed by atoms with Crippen LogP contribution in [0.4, 0.5) is 4.39 Å². The monoisotopic (exact) mass is 278 g/mol. The third kappa shape index (κ3) is 3.37. The van der Waals surface area contributed by atoms with Crippen LogP contribution in [0.25, 0.3) is 0 Å². The molecule has 2 rings (SSSR count). The Hall–Kier alpha value is -1.42. The molecule has 1 amide bonds. The van der Waals surface area contributed by atoms with E-state index in [1.54, 1.807) is 12.1 Å². The van der Waals surface area contributed by atoms with Gasteiger partial charge >= 0.3 is 0 Å². The number of benzene rings is 1. The highest BCUT2D eigenvalue weighted by Crippen LogP contribution is 2.30. The summed E-state index contributed by atoms with van der Waals surface area (Å²) in [7, 11) is 0. The van der Waals surface area contributed by atoms with Gasteiger partial charge in [0.2, 0.25) is 5.91 Å². The van der Waals surface area contributed by atoms with Gasteiger partial charge in [-0.2, -0.15) is 0 Å². The molecule has 0 bridgehead atoms.